The van der Waals surface area contributed by atoms with Crippen LogP contribution in [0.2, 0.25) is 0 Å². The maximum atomic E-state index is 5.10. The van der Waals surface area contributed by atoms with Crippen LogP contribution in [0.5, 0.6) is 0 Å². The Balaban J connectivity index is 0. The van der Waals surface area contributed by atoms with E-state index in [2.05, 4.69) is 17.2 Å². The quantitative estimate of drug-likeness (QED) is 0.518. The van der Waals surface area contributed by atoms with E-state index in [-0.39, 0.29) is 12.4 Å². The molecule has 0 atom stereocenters. The molecule has 0 aromatic rings. The number of terminal acetylenes is 2. The Morgan fingerprint density at radius 1 is 1.42 bits per heavy atom. The van der Waals surface area contributed by atoms with E-state index in [0.717, 1.165) is 0 Å². The topological polar surface area (TPSA) is 15.3 Å². The molecule has 0 spiro atoms. The molecule has 0 aliphatic heterocycles. The first-order valence-corrected chi connectivity index (χ1v) is 3.50. The highest BCUT2D eigenvalue weighted by molar-refractivity contribution is 7.80. The van der Waals surface area contributed by atoms with Gasteiger partial charge in [0.15, 0.2) is 5.11 Å². The van der Waals surface area contributed by atoms with Crippen molar-refractivity contribution >= 4 is 29.7 Å². The van der Waals surface area contributed by atoms with E-state index in [9.17, 15) is 0 Å². The van der Waals surface area contributed by atoms with E-state index in [1.54, 1.807) is 11.9 Å². The average molecular weight is 203 g/mol. The van der Waals surface area contributed by atoms with Crippen molar-refractivity contribution in [3.63, 3.8) is 0 Å². The fourth-order valence-electron chi connectivity index (χ4n) is 0.578. The van der Waals surface area contributed by atoms with E-state index in [0.29, 0.717) is 18.2 Å². The fourth-order valence-corrected chi connectivity index (χ4v) is 0.707. The molecule has 12 heavy (non-hydrogen) atoms. The molecule has 0 amide bonds. The first-order valence-electron chi connectivity index (χ1n) is 3.09. The van der Waals surface area contributed by atoms with Crippen LogP contribution in [0.4, 0.5) is 0 Å². The molecule has 0 aromatic heterocycles. The standard InChI is InChI=1S/C8H10N2S.ClH/c1-4-6-10(7-5-2)8(11)9-3;/h1-2H,6-7H2,3H3,(H,9,11);1H. The summed E-state index contributed by atoms with van der Waals surface area (Å²) < 4.78 is 0. The van der Waals surface area contributed by atoms with Gasteiger partial charge in [0.2, 0.25) is 0 Å². The van der Waals surface area contributed by atoms with Gasteiger partial charge in [-0.15, -0.1) is 25.3 Å². The fraction of sp³-hybridized carbons (Fsp3) is 0.375. The molecule has 0 saturated carbocycles. The monoisotopic (exact) mass is 202 g/mol. The average Bonchev–Trinajstić information content (AvgIpc) is 2.03. The number of halogens is 1. The molecule has 0 aromatic carbocycles. The van der Waals surface area contributed by atoms with Gasteiger partial charge in [-0.2, -0.15) is 0 Å². The van der Waals surface area contributed by atoms with Gasteiger partial charge in [-0.25, -0.2) is 0 Å². The summed E-state index contributed by atoms with van der Waals surface area (Å²) in [7, 11) is 1.74. The van der Waals surface area contributed by atoms with Crippen molar-refractivity contribution < 1.29 is 0 Å². The third kappa shape index (κ3) is 4.85. The van der Waals surface area contributed by atoms with Crippen LogP contribution in [-0.2, 0) is 0 Å². The summed E-state index contributed by atoms with van der Waals surface area (Å²) in [5, 5.41) is 3.39. The van der Waals surface area contributed by atoms with Crippen LogP contribution in [0.15, 0.2) is 0 Å². The second-order valence-corrected chi connectivity index (χ2v) is 2.21. The molecule has 0 unspecified atom stereocenters. The molecular weight excluding hydrogens is 192 g/mol. The van der Waals surface area contributed by atoms with Crippen molar-refractivity contribution in [3.8, 4) is 24.7 Å². The number of thiocarbonyl (C=S) groups is 1. The van der Waals surface area contributed by atoms with Gasteiger partial charge in [0, 0.05) is 7.05 Å². The largest absolute Gasteiger partial charge is 0.366 e. The molecule has 4 heteroatoms. The highest BCUT2D eigenvalue weighted by Crippen LogP contribution is 1.86. The molecular formula is C8H11ClN2S. The third-order valence-electron chi connectivity index (χ3n) is 1.07. The van der Waals surface area contributed by atoms with E-state index in [1.165, 1.54) is 0 Å². The Bertz CT molecular complexity index is 198. The minimum Gasteiger partial charge on any atom is -0.366 e. The molecule has 0 heterocycles. The number of nitrogens with one attached hydrogen (secondary N) is 1. The van der Waals surface area contributed by atoms with E-state index < -0.39 is 0 Å². The maximum Gasteiger partial charge on any atom is 0.170 e. The van der Waals surface area contributed by atoms with E-state index in [4.69, 9.17) is 25.1 Å². The van der Waals surface area contributed by atoms with Gasteiger partial charge in [-0.3, -0.25) is 0 Å². The van der Waals surface area contributed by atoms with Crippen molar-refractivity contribution in [2.45, 2.75) is 0 Å². The highest BCUT2D eigenvalue weighted by Gasteiger charge is 2.02. The summed E-state index contributed by atoms with van der Waals surface area (Å²) >= 11 is 4.93. The van der Waals surface area contributed by atoms with Crippen LogP contribution in [0.3, 0.4) is 0 Å². The zero-order chi connectivity index (χ0) is 8.69. The van der Waals surface area contributed by atoms with Gasteiger partial charge in [0.25, 0.3) is 0 Å². The lowest BCUT2D eigenvalue weighted by Crippen LogP contribution is -2.38. The Morgan fingerprint density at radius 2 is 1.83 bits per heavy atom. The Morgan fingerprint density at radius 3 is 2.08 bits per heavy atom. The van der Waals surface area contributed by atoms with Crippen LogP contribution in [-0.4, -0.2) is 30.1 Å². The van der Waals surface area contributed by atoms with Crippen molar-refractivity contribution in [2.75, 3.05) is 20.1 Å². The molecule has 66 valence electrons. The Kier molecular flexibility index (Phi) is 9.34. The van der Waals surface area contributed by atoms with Gasteiger partial charge < -0.3 is 10.2 Å². The molecule has 0 aliphatic rings. The van der Waals surface area contributed by atoms with Gasteiger partial charge in [-0.1, -0.05) is 11.8 Å². The molecule has 0 rings (SSSR count). The summed E-state index contributed by atoms with van der Waals surface area (Å²) in [4.78, 5) is 1.73. The summed E-state index contributed by atoms with van der Waals surface area (Å²) in [6, 6.07) is 0. The molecule has 2 nitrogen and oxygen atoms in total. The van der Waals surface area contributed by atoms with Crippen molar-refractivity contribution in [1.82, 2.24) is 10.2 Å². The lowest BCUT2D eigenvalue weighted by Gasteiger charge is -2.19. The molecule has 0 bridgehead atoms. The van der Waals surface area contributed by atoms with Gasteiger partial charge in [0.1, 0.15) is 0 Å². The smallest absolute Gasteiger partial charge is 0.170 e. The Hall–Kier alpha value is -0.900. The van der Waals surface area contributed by atoms with Gasteiger partial charge in [0.05, 0.1) is 13.1 Å². The zero-order valence-electron chi connectivity index (χ0n) is 6.83. The van der Waals surface area contributed by atoms with Gasteiger partial charge in [-0.05, 0) is 12.2 Å². The zero-order valence-corrected chi connectivity index (χ0v) is 8.47. The second-order valence-electron chi connectivity index (χ2n) is 1.82. The summed E-state index contributed by atoms with van der Waals surface area (Å²) in [6.07, 6.45) is 10.2. The third-order valence-corrected chi connectivity index (χ3v) is 1.53. The first-order chi connectivity index (χ1) is 5.26. The molecule has 0 saturated heterocycles. The lowest BCUT2D eigenvalue weighted by molar-refractivity contribution is 0.522. The lowest BCUT2D eigenvalue weighted by atomic mass is 10.5. The minimum atomic E-state index is 0. The number of hydrogen-bond donors (Lipinski definition) is 1. The van der Waals surface area contributed by atoms with Crippen molar-refractivity contribution in [2.24, 2.45) is 0 Å². The minimum absolute atomic E-state index is 0. The predicted molar refractivity (Wildman–Crippen MR) is 58.1 cm³/mol. The van der Waals surface area contributed by atoms with Crippen LogP contribution in [0, 0.1) is 24.7 Å². The normalized spacial score (nSPS) is 6.92. The maximum absolute atomic E-state index is 5.10. The SMILES string of the molecule is C#CCN(CC#C)C(=S)NC.Cl. The molecule has 0 aliphatic carbocycles. The van der Waals surface area contributed by atoms with Crippen LogP contribution in [0.1, 0.15) is 0 Å². The van der Waals surface area contributed by atoms with E-state index >= 15 is 0 Å². The second kappa shape index (κ2) is 8.20. The van der Waals surface area contributed by atoms with E-state index in [1.807, 2.05) is 0 Å². The van der Waals surface area contributed by atoms with Crippen LogP contribution >= 0.6 is 24.6 Å². The summed E-state index contributed by atoms with van der Waals surface area (Å²) in [5.41, 5.74) is 0. The van der Waals surface area contributed by atoms with Gasteiger partial charge >= 0.3 is 0 Å². The highest BCUT2D eigenvalue weighted by atomic mass is 35.5. The Labute approximate surface area is 85.1 Å². The van der Waals surface area contributed by atoms with Crippen molar-refractivity contribution in [3.05, 3.63) is 0 Å². The summed E-state index contributed by atoms with van der Waals surface area (Å²) in [5.74, 6) is 4.94. The number of nitrogens with zero attached hydrogens (tertiary/aromatic N) is 1. The van der Waals surface area contributed by atoms with Crippen LogP contribution < -0.4 is 5.32 Å². The van der Waals surface area contributed by atoms with Crippen molar-refractivity contribution in [1.29, 1.82) is 0 Å². The van der Waals surface area contributed by atoms with Crippen LogP contribution in [0.25, 0.3) is 0 Å². The summed E-state index contributed by atoms with van der Waals surface area (Å²) in [6.45, 7) is 0.897. The molecule has 1 N–H and O–H groups in total. The number of hydrogen-bond acceptors (Lipinski definition) is 1. The molecule has 0 fully saturated rings. The molecule has 0 radical (unpaired) electrons. The number of rotatable bonds is 2. The predicted octanol–water partition coefficient (Wildman–Crippen LogP) is 0.481. The first kappa shape index (κ1) is 13.7.